The number of allylic oxidation sites excluding steroid dienone is 1. The molecule has 0 aromatic heterocycles. The number of nitrogens with one attached hydrogen (secondary N) is 1. The number of rotatable bonds is 3. The first-order chi connectivity index (χ1) is 8.18. The van der Waals surface area contributed by atoms with E-state index in [1.807, 2.05) is 31.2 Å². The van der Waals surface area contributed by atoms with E-state index in [0.717, 1.165) is 29.7 Å². The van der Waals surface area contributed by atoms with Crippen LogP contribution < -0.4 is 5.32 Å². The number of anilines is 1. The molecule has 0 saturated heterocycles. The van der Waals surface area contributed by atoms with Gasteiger partial charge in [-0.15, -0.1) is 0 Å². The van der Waals surface area contributed by atoms with E-state index >= 15 is 0 Å². The van der Waals surface area contributed by atoms with Crippen molar-refractivity contribution in [2.45, 2.75) is 26.7 Å². The van der Waals surface area contributed by atoms with Crippen molar-refractivity contribution < 1.29 is 9.53 Å². The van der Waals surface area contributed by atoms with Crippen molar-refractivity contribution in [1.29, 1.82) is 0 Å². The molecule has 17 heavy (non-hydrogen) atoms. The van der Waals surface area contributed by atoms with Crippen molar-refractivity contribution in [3.8, 4) is 0 Å². The number of hydrogen-bond acceptors (Lipinski definition) is 3. The molecule has 0 aliphatic carbocycles. The molecule has 1 heterocycles. The Kier molecular flexibility index (Phi) is 3.47. The van der Waals surface area contributed by atoms with E-state index in [0.29, 0.717) is 12.5 Å². The average molecular weight is 231 g/mol. The highest BCUT2D eigenvalue weighted by atomic mass is 16.5. The van der Waals surface area contributed by atoms with Gasteiger partial charge >= 0.3 is 0 Å². The number of aryl methyl sites for hydroxylation is 1. The van der Waals surface area contributed by atoms with E-state index in [-0.39, 0.29) is 5.78 Å². The van der Waals surface area contributed by atoms with Crippen LogP contribution in [0.15, 0.2) is 35.7 Å². The smallest absolute Gasteiger partial charge is 0.198 e. The molecule has 0 radical (unpaired) electrons. The quantitative estimate of drug-likeness (QED) is 0.869. The standard InChI is InChI=1S/C14H17NO2/c1-10-6-3-4-8-13(10)15-14-12(11(2)16)7-5-9-17-14/h3-4,6,8,15H,5,7,9H2,1-2H3. The molecule has 0 saturated carbocycles. The lowest BCUT2D eigenvalue weighted by atomic mass is 10.1. The van der Waals surface area contributed by atoms with E-state index in [1.54, 1.807) is 6.92 Å². The molecule has 3 nitrogen and oxygen atoms in total. The third-order valence-corrected chi connectivity index (χ3v) is 2.91. The molecule has 0 amide bonds. The fourth-order valence-corrected chi connectivity index (χ4v) is 1.91. The van der Waals surface area contributed by atoms with Gasteiger partial charge in [0.2, 0.25) is 0 Å². The average Bonchev–Trinajstić information content (AvgIpc) is 2.32. The summed E-state index contributed by atoms with van der Waals surface area (Å²) in [4.78, 5) is 11.5. The minimum absolute atomic E-state index is 0.0841. The monoisotopic (exact) mass is 231 g/mol. The van der Waals surface area contributed by atoms with Gasteiger partial charge in [0.15, 0.2) is 11.7 Å². The van der Waals surface area contributed by atoms with Crippen molar-refractivity contribution in [3.05, 3.63) is 41.3 Å². The molecule has 1 aliphatic rings. The lowest BCUT2D eigenvalue weighted by molar-refractivity contribution is -0.114. The van der Waals surface area contributed by atoms with Crippen LogP contribution in [-0.2, 0) is 9.53 Å². The summed E-state index contributed by atoms with van der Waals surface area (Å²) in [5.41, 5.74) is 2.89. The molecule has 0 unspecified atom stereocenters. The Labute approximate surface area is 101 Å². The minimum Gasteiger partial charge on any atom is -0.479 e. The highest BCUT2D eigenvalue weighted by Crippen LogP contribution is 2.23. The summed E-state index contributed by atoms with van der Waals surface area (Å²) < 4.78 is 5.56. The van der Waals surface area contributed by atoms with Crippen LogP contribution in [0.1, 0.15) is 25.3 Å². The molecular weight excluding hydrogens is 214 g/mol. The van der Waals surface area contributed by atoms with Crippen LogP contribution in [0.4, 0.5) is 5.69 Å². The molecule has 0 spiro atoms. The summed E-state index contributed by atoms with van der Waals surface area (Å²) in [5, 5.41) is 3.22. The highest BCUT2D eigenvalue weighted by Gasteiger charge is 2.18. The summed E-state index contributed by atoms with van der Waals surface area (Å²) in [6, 6.07) is 7.96. The third-order valence-electron chi connectivity index (χ3n) is 2.91. The maximum Gasteiger partial charge on any atom is 0.198 e. The van der Waals surface area contributed by atoms with Gasteiger partial charge in [-0.1, -0.05) is 18.2 Å². The zero-order valence-corrected chi connectivity index (χ0v) is 10.2. The van der Waals surface area contributed by atoms with E-state index in [2.05, 4.69) is 5.32 Å². The van der Waals surface area contributed by atoms with Gasteiger partial charge in [0, 0.05) is 5.69 Å². The Morgan fingerprint density at radius 2 is 2.12 bits per heavy atom. The number of ketones is 1. The molecule has 1 N–H and O–H groups in total. The van der Waals surface area contributed by atoms with Crippen molar-refractivity contribution >= 4 is 11.5 Å². The summed E-state index contributed by atoms with van der Waals surface area (Å²) >= 11 is 0. The molecule has 1 aliphatic heterocycles. The molecular formula is C14H17NO2. The van der Waals surface area contributed by atoms with Crippen LogP contribution >= 0.6 is 0 Å². The Morgan fingerprint density at radius 1 is 1.35 bits per heavy atom. The number of ether oxygens (including phenoxy) is 1. The van der Waals surface area contributed by atoms with Gasteiger partial charge in [0.25, 0.3) is 0 Å². The van der Waals surface area contributed by atoms with Gasteiger partial charge in [-0.25, -0.2) is 0 Å². The zero-order chi connectivity index (χ0) is 12.3. The number of para-hydroxylation sites is 1. The van der Waals surface area contributed by atoms with Crippen molar-refractivity contribution in [1.82, 2.24) is 0 Å². The molecule has 0 atom stereocenters. The predicted molar refractivity (Wildman–Crippen MR) is 67.7 cm³/mol. The summed E-state index contributed by atoms with van der Waals surface area (Å²) in [6.07, 6.45) is 1.71. The zero-order valence-electron chi connectivity index (χ0n) is 10.2. The number of carbonyl (C=O) groups excluding carboxylic acids is 1. The highest BCUT2D eigenvalue weighted by molar-refractivity contribution is 5.94. The Morgan fingerprint density at radius 3 is 2.82 bits per heavy atom. The lowest BCUT2D eigenvalue weighted by Gasteiger charge is -2.21. The minimum atomic E-state index is 0.0841. The topological polar surface area (TPSA) is 38.3 Å². The van der Waals surface area contributed by atoms with E-state index in [1.165, 1.54) is 0 Å². The second-order valence-corrected chi connectivity index (χ2v) is 4.26. The molecule has 1 aromatic rings. The second-order valence-electron chi connectivity index (χ2n) is 4.26. The van der Waals surface area contributed by atoms with Gasteiger partial charge in [0.05, 0.1) is 12.2 Å². The third kappa shape index (κ3) is 2.67. The fraction of sp³-hybridized carbons (Fsp3) is 0.357. The van der Waals surface area contributed by atoms with E-state index < -0.39 is 0 Å². The van der Waals surface area contributed by atoms with Gasteiger partial charge in [-0.3, -0.25) is 4.79 Å². The van der Waals surface area contributed by atoms with Crippen LogP contribution in [0.25, 0.3) is 0 Å². The van der Waals surface area contributed by atoms with Gasteiger partial charge < -0.3 is 10.1 Å². The van der Waals surface area contributed by atoms with Crippen LogP contribution in [0.3, 0.4) is 0 Å². The fourth-order valence-electron chi connectivity index (χ4n) is 1.91. The first-order valence-electron chi connectivity index (χ1n) is 5.88. The number of carbonyl (C=O) groups is 1. The molecule has 1 aromatic carbocycles. The molecule has 3 heteroatoms. The van der Waals surface area contributed by atoms with E-state index in [4.69, 9.17) is 4.74 Å². The summed E-state index contributed by atoms with van der Waals surface area (Å²) in [6.45, 7) is 4.29. The van der Waals surface area contributed by atoms with Crippen LogP contribution in [0, 0.1) is 6.92 Å². The largest absolute Gasteiger partial charge is 0.479 e. The number of Topliss-reactive ketones (excluding diaryl/α,β-unsaturated/α-hetero) is 1. The van der Waals surface area contributed by atoms with Crippen LogP contribution in [-0.4, -0.2) is 12.4 Å². The van der Waals surface area contributed by atoms with Gasteiger partial charge in [0.1, 0.15) is 0 Å². The number of hydrogen-bond donors (Lipinski definition) is 1. The van der Waals surface area contributed by atoms with Crippen LogP contribution in [0.5, 0.6) is 0 Å². The maximum atomic E-state index is 11.5. The molecule has 0 bridgehead atoms. The van der Waals surface area contributed by atoms with Crippen molar-refractivity contribution in [2.75, 3.05) is 11.9 Å². The number of benzene rings is 1. The SMILES string of the molecule is CC(=O)C1=C(Nc2ccccc2C)OCCC1. The van der Waals surface area contributed by atoms with Gasteiger partial charge in [-0.05, 0) is 38.3 Å². The lowest BCUT2D eigenvalue weighted by Crippen LogP contribution is -2.17. The Balaban J connectivity index is 2.27. The normalized spacial score (nSPS) is 15.4. The predicted octanol–water partition coefficient (Wildman–Crippen LogP) is 3.02. The summed E-state index contributed by atoms with van der Waals surface area (Å²) in [5.74, 6) is 0.707. The molecule has 90 valence electrons. The summed E-state index contributed by atoms with van der Waals surface area (Å²) in [7, 11) is 0. The molecule has 0 fully saturated rings. The van der Waals surface area contributed by atoms with Crippen LogP contribution in [0.2, 0.25) is 0 Å². The Bertz CT molecular complexity index is 463. The molecule has 2 rings (SSSR count). The first-order valence-corrected chi connectivity index (χ1v) is 5.88. The first kappa shape index (κ1) is 11.7. The second kappa shape index (κ2) is 5.04. The Hall–Kier alpha value is -1.77. The van der Waals surface area contributed by atoms with Crippen molar-refractivity contribution in [2.24, 2.45) is 0 Å². The van der Waals surface area contributed by atoms with Gasteiger partial charge in [-0.2, -0.15) is 0 Å². The maximum absolute atomic E-state index is 11.5. The van der Waals surface area contributed by atoms with E-state index in [9.17, 15) is 4.79 Å². The van der Waals surface area contributed by atoms with Crippen molar-refractivity contribution in [3.63, 3.8) is 0 Å².